The molecule has 1 amide bonds. The number of amidine groups is 1. The van der Waals surface area contributed by atoms with Gasteiger partial charge in [-0.25, -0.2) is 8.78 Å². The van der Waals surface area contributed by atoms with Crippen molar-refractivity contribution in [2.45, 2.75) is 32.2 Å². The van der Waals surface area contributed by atoms with Crippen LogP contribution in [0, 0.1) is 18.3 Å². The predicted molar refractivity (Wildman–Crippen MR) is 114 cm³/mol. The van der Waals surface area contributed by atoms with Crippen molar-refractivity contribution in [3.05, 3.63) is 40.3 Å². The van der Waals surface area contributed by atoms with Crippen molar-refractivity contribution < 1.29 is 13.6 Å². The molecule has 0 aliphatic carbocycles. The van der Waals surface area contributed by atoms with Gasteiger partial charge in [-0.1, -0.05) is 18.1 Å². The highest BCUT2D eigenvalue weighted by atomic mass is 32.2. The predicted octanol–water partition coefficient (Wildman–Crippen LogP) is 3.96. The summed E-state index contributed by atoms with van der Waals surface area (Å²) in [5.74, 6) is 0.349. The van der Waals surface area contributed by atoms with E-state index in [4.69, 9.17) is 12.2 Å². The number of carbonyl (C=O) groups is 1. The van der Waals surface area contributed by atoms with Crippen molar-refractivity contribution in [3.8, 4) is 12.3 Å². The van der Waals surface area contributed by atoms with Gasteiger partial charge in [0.15, 0.2) is 0 Å². The van der Waals surface area contributed by atoms with Gasteiger partial charge in [0.25, 0.3) is 11.2 Å². The summed E-state index contributed by atoms with van der Waals surface area (Å²) in [5, 5.41) is 2.56. The largest absolute Gasteiger partial charge is 0.399 e. The highest BCUT2D eigenvalue weighted by molar-refractivity contribution is 8.18. The molecule has 0 aromatic heterocycles. The van der Waals surface area contributed by atoms with Gasteiger partial charge in [0, 0.05) is 24.7 Å². The number of nitrogen functional groups attached to an aromatic ring is 1. The first kappa shape index (κ1) is 21.3. The van der Waals surface area contributed by atoms with Crippen molar-refractivity contribution in [2.24, 2.45) is 10.9 Å². The first-order chi connectivity index (χ1) is 13.8. The van der Waals surface area contributed by atoms with Gasteiger partial charge in [-0.05, 0) is 61.3 Å². The summed E-state index contributed by atoms with van der Waals surface area (Å²) in [6.07, 6.45) is 9.08. The third-order valence-electron chi connectivity index (χ3n) is 5.01. The van der Waals surface area contributed by atoms with E-state index in [1.807, 2.05) is 0 Å². The Morgan fingerprint density at radius 1 is 1.45 bits per heavy atom. The van der Waals surface area contributed by atoms with E-state index >= 15 is 0 Å². The Hall–Kier alpha value is -2.37. The van der Waals surface area contributed by atoms with E-state index < -0.39 is 5.92 Å². The third kappa shape index (κ3) is 5.58. The molecule has 154 valence electrons. The number of nitrogens with two attached hydrogens (primary N) is 1. The van der Waals surface area contributed by atoms with Gasteiger partial charge in [-0.15, -0.1) is 6.42 Å². The number of allylic oxidation sites excluding steroid dienone is 1. The Bertz CT molecular complexity index is 878. The number of thioether (sulfide) groups is 1. The van der Waals surface area contributed by atoms with Crippen LogP contribution in [-0.2, 0) is 12.5 Å². The van der Waals surface area contributed by atoms with Gasteiger partial charge in [0.1, 0.15) is 12.4 Å². The average Bonchev–Trinajstić information content (AvgIpc) is 3.01. The number of piperidine rings is 1. The maximum atomic E-state index is 14.0. The van der Waals surface area contributed by atoms with Gasteiger partial charge in [0.2, 0.25) is 0 Å². The van der Waals surface area contributed by atoms with E-state index in [1.54, 1.807) is 12.1 Å². The summed E-state index contributed by atoms with van der Waals surface area (Å²) in [6.45, 7) is 3.16. The van der Waals surface area contributed by atoms with Gasteiger partial charge in [0.05, 0.1) is 4.91 Å². The second kappa shape index (κ2) is 8.97. The van der Waals surface area contributed by atoms with Crippen molar-refractivity contribution >= 4 is 28.5 Å². The number of hydrogen-bond acceptors (Lipinski definition) is 5. The number of terminal acetylenes is 1. The van der Waals surface area contributed by atoms with Gasteiger partial charge in [-0.2, -0.15) is 0 Å². The highest BCUT2D eigenvalue weighted by Crippen LogP contribution is 2.33. The van der Waals surface area contributed by atoms with Crippen molar-refractivity contribution in [1.82, 2.24) is 10.2 Å². The molecule has 0 unspecified atom stereocenters. The Balaban J connectivity index is 1.63. The van der Waals surface area contributed by atoms with Crippen LogP contribution in [0.3, 0.4) is 0 Å². The Morgan fingerprint density at radius 2 is 2.17 bits per heavy atom. The monoisotopic (exact) mass is 418 g/mol. The lowest BCUT2D eigenvalue weighted by Gasteiger charge is -2.31. The second-order valence-electron chi connectivity index (χ2n) is 7.33. The molecule has 5 nitrogen and oxygen atoms in total. The van der Waals surface area contributed by atoms with Gasteiger partial charge in [-0.3, -0.25) is 14.7 Å². The van der Waals surface area contributed by atoms with E-state index in [-0.39, 0.29) is 17.3 Å². The molecule has 0 radical (unpaired) electrons. The van der Waals surface area contributed by atoms with Crippen LogP contribution < -0.4 is 11.1 Å². The molecule has 29 heavy (non-hydrogen) atoms. The number of hydrogen-bond donors (Lipinski definition) is 2. The molecule has 1 aromatic carbocycles. The van der Waals surface area contributed by atoms with Crippen LogP contribution in [0.2, 0.25) is 0 Å². The third-order valence-corrected chi connectivity index (χ3v) is 5.84. The molecular weight excluding hydrogens is 394 g/mol. The van der Waals surface area contributed by atoms with Gasteiger partial charge >= 0.3 is 0 Å². The summed E-state index contributed by atoms with van der Waals surface area (Å²) < 4.78 is 27.9. The molecule has 3 N–H and O–H groups in total. The molecule has 0 atom stereocenters. The van der Waals surface area contributed by atoms with E-state index in [9.17, 15) is 13.6 Å². The van der Waals surface area contributed by atoms with Crippen molar-refractivity contribution in [2.75, 3.05) is 25.4 Å². The summed E-state index contributed by atoms with van der Waals surface area (Å²) in [6, 6.07) is 4.72. The zero-order chi connectivity index (χ0) is 21.0. The van der Waals surface area contributed by atoms with E-state index in [2.05, 4.69) is 27.2 Å². The summed E-state index contributed by atoms with van der Waals surface area (Å²) >= 11 is 1.13. The molecular formula is C21H24F2N4OS. The van der Waals surface area contributed by atoms with Crippen LogP contribution in [-0.4, -0.2) is 35.6 Å². The van der Waals surface area contributed by atoms with E-state index in [1.165, 1.54) is 6.07 Å². The number of anilines is 1. The quantitative estimate of drug-likeness (QED) is 0.561. The smallest absolute Gasteiger partial charge is 0.289 e. The highest BCUT2D eigenvalue weighted by Gasteiger charge is 2.30. The normalized spacial score (nSPS) is 21.5. The van der Waals surface area contributed by atoms with Crippen LogP contribution in [0.15, 0.2) is 34.2 Å². The first-order valence-electron chi connectivity index (χ1n) is 9.44. The zero-order valence-electron chi connectivity index (χ0n) is 16.3. The number of amides is 1. The van der Waals surface area contributed by atoms with Crippen molar-refractivity contribution in [3.63, 3.8) is 0 Å². The number of benzene rings is 1. The molecule has 2 aliphatic heterocycles. The molecule has 8 heteroatoms. The molecule has 2 saturated heterocycles. The molecule has 0 saturated carbocycles. The lowest BCUT2D eigenvalue weighted by atomic mass is 9.95. The van der Waals surface area contributed by atoms with E-state index in [0.29, 0.717) is 29.5 Å². The maximum absolute atomic E-state index is 14.0. The number of aliphatic imine (C=N–C) groups is 1. The van der Waals surface area contributed by atoms with Crippen LogP contribution in [0.25, 0.3) is 0 Å². The fourth-order valence-electron chi connectivity index (χ4n) is 3.56. The number of nitrogens with zero attached hydrogens (tertiary/aromatic N) is 2. The topological polar surface area (TPSA) is 70.7 Å². The fourth-order valence-corrected chi connectivity index (χ4v) is 4.38. The minimum Gasteiger partial charge on any atom is -0.399 e. The molecule has 0 bridgehead atoms. The number of nitrogens with one attached hydrogen (secondary N) is 1. The van der Waals surface area contributed by atoms with Gasteiger partial charge < -0.3 is 11.1 Å². The van der Waals surface area contributed by atoms with Crippen molar-refractivity contribution in [1.29, 1.82) is 0 Å². The standard InChI is InChI=1S/C21H24F2N4OS/c1-3-8-25-19-18(29-20(28)26-19)11-14-6-9-27(10-7-14)13-15-4-5-16(24)12-17(15)21(2,22)23/h1,4-5,11-12,14H,6-10,13,24H2,2H3,(H,25,26,28)/b18-11-. The molecule has 3 rings (SSSR count). The van der Waals surface area contributed by atoms with Crippen LogP contribution in [0.1, 0.15) is 30.9 Å². The molecule has 1 aromatic rings. The molecule has 0 spiro atoms. The van der Waals surface area contributed by atoms with E-state index in [0.717, 1.165) is 49.5 Å². The average molecular weight is 419 g/mol. The number of alkyl halides is 2. The number of likely N-dealkylation sites (tertiary alicyclic amines) is 1. The van der Waals surface area contributed by atoms with Crippen LogP contribution >= 0.6 is 11.8 Å². The minimum absolute atomic E-state index is 0.0111. The Morgan fingerprint density at radius 3 is 2.83 bits per heavy atom. The Labute approximate surface area is 173 Å². The second-order valence-corrected chi connectivity index (χ2v) is 8.35. The molecule has 2 heterocycles. The van der Waals surface area contributed by atoms with Crippen LogP contribution in [0.4, 0.5) is 19.3 Å². The molecule has 2 fully saturated rings. The fraction of sp³-hybridized carbons (Fsp3) is 0.429. The Kier molecular flexibility index (Phi) is 6.60. The summed E-state index contributed by atoms with van der Waals surface area (Å²) in [4.78, 5) is 18.9. The SMILES string of the molecule is C#CCN=C1NC(=O)S/C1=C\C1CCN(Cc2ccc(N)cc2C(C)(F)F)CC1. The lowest BCUT2D eigenvalue weighted by molar-refractivity contribution is 0.0157. The zero-order valence-corrected chi connectivity index (χ0v) is 17.1. The number of halogens is 2. The first-order valence-corrected chi connectivity index (χ1v) is 10.3. The summed E-state index contributed by atoms with van der Waals surface area (Å²) in [5.41, 5.74) is 6.64. The number of rotatable bonds is 5. The minimum atomic E-state index is -2.93. The maximum Gasteiger partial charge on any atom is 0.289 e. The molecule has 2 aliphatic rings. The number of carbonyl (C=O) groups excluding carboxylic acids is 1. The summed E-state index contributed by atoms with van der Waals surface area (Å²) in [7, 11) is 0. The lowest BCUT2D eigenvalue weighted by Crippen LogP contribution is -2.33. The van der Waals surface area contributed by atoms with Crippen LogP contribution in [0.5, 0.6) is 0 Å².